The summed E-state index contributed by atoms with van der Waals surface area (Å²) in [5.41, 5.74) is -0.594. The van der Waals surface area contributed by atoms with Gasteiger partial charge in [0.15, 0.2) is 0 Å². The van der Waals surface area contributed by atoms with Gasteiger partial charge in [0.1, 0.15) is 0 Å². The van der Waals surface area contributed by atoms with Crippen LogP contribution in [0.2, 0.25) is 0 Å². The summed E-state index contributed by atoms with van der Waals surface area (Å²) in [6.07, 6.45) is 4.42. The molecule has 0 aromatic rings. The van der Waals surface area contributed by atoms with Gasteiger partial charge in [0.25, 0.3) is 0 Å². The molecule has 1 aliphatic rings. The quantitative estimate of drug-likeness (QED) is 0.667. The van der Waals surface area contributed by atoms with Gasteiger partial charge in [-0.1, -0.05) is 19.3 Å². The van der Waals surface area contributed by atoms with E-state index in [0.29, 0.717) is 13.2 Å². The minimum absolute atomic E-state index is 0.0125. The Labute approximate surface area is 120 Å². The molecule has 2 amide bonds. The third-order valence-electron chi connectivity index (χ3n) is 3.68. The van der Waals surface area contributed by atoms with Crippen molar-refractivity contribution in [3.63, 3.8) is 0 Å². The number of hydrogen-bond donors (Lipinski definition) is 3. The maximum absolute atomic E-state index is 11.9. The third kappa shape index (κ3) is 5.77. The summed E-state index contributed by atoms with van der Waals surface area (Å²) in [7, 11) is 0. The van der Waals surface area contributed by atoms with Crippen molar-refractivity contribution in [2.75, 3.05) is 13.2 Å². The second-order valence-electron chi connectivity index (χ2n) is 5.51. The molecule has 1 unspecified atom stereocenters. The average Bonchev–Trinajstić information content (AvgIpc) is 2.36. The van der Waals surface area contributed by atoms with E-state index in [9.17, 15) is 9.59 Å². The van der Waals surface area contributed by atoms with Crippen LogP contribution >= 0.6 is 0 Å². The lowest BCUT2D eigenvalue weighted by Gasteiger charge is -2.37. The number of urea groups is 1. The van der Waals surface area contributed by atoms with Gasteiger partial charge < -0.3 is 20.5 Å². The number of rotatable bonds is 7. The number of hydrogen-bond acceptors (Lipinski definition) is 3. The molecule has 0 bridgehead atoms. The van der Waals surface area contributed by atoms with Crippen LogP contribution in [0, 0.1) is 0 Å². The molecule has 1 atom stereocenters. The van der Waals surface area contributed by atoms with E-state index in [1.165, 1.54) is 0 Å². The van der Waals surface area contributed by atoms with Gasteiger partial charge in [0, 0.05) is 13.2 Å². The summed E-state index contributed by atoms with van der Waals surface area (Å²) in [5, 5.41) is 14.7. The molecule has 1 rings (SSSR count). The van der Waals surface area contributed by atoms with Crippen molar-refractivity contribution < 1.29 is 19.4 Å². The Kier molecular flexibility index (Phi) is 6.78. The zero-order valence-electron chi connectivity index (χ0n) is 12.4. The van der Waals surface area contributed by atoms with Crippen LogP contribution < -0.4 is 10.6 Å². The topological polar surface area (TPSA) is 87.7 Å². The molecule has 1 aliphatic carbocycles. The van der Waals surface area contributed by atoms with Crippen LogP contribution in [0.4, 0.5) is 4.79 Å². The van der Waals surface area contributed by atoms with Crippen LogP contribution in [0.15, 0.2) is 0 Å². The first-order chi connectivity index (χ1) is 9.47. The van der Waals surface area contributed by atoms with Gasteiger partial charge in [-0.25, -0.2) is 4.79 Å². The van der Waals surface area contributed by atoms with Gasteiger partial charge in [0.05, 0.1) is 18.1 Å². The zero-order valence-corrected chi connectivity index (χ0v) is 12.4. The maximum atomic E-state index is 11.9. The molecule has 1 fully saturated rings. The van der Waals surface area contributed by atoms with E-state index in [4.69, 9.17) is 9.84 Å². The van der Waals surface area contributed by atoms with E-state index < -0.39 is 11.5 Å². The first-order valence-electron chi connectivity index (χ1n) is 7.37. The molecule has 0 saturated heterocycles. The molecule has 3 N–H and O–H groups in total. The summed E-state index contributed by atoms with van der Waals surface area (Å²) in [6, 6.07) is -0.306. The molecule has 6 nitrogen and oxygen atoms in total. The largest absolute Gasteiger partial charge is 0.481 e. The minimum atomic E-state index is -0.866. The van der Waals surface area contributed by atoms with Crippen LogP contribution in [0.1, 0.15) is 52.4 Å². The van der Waals surface area contributed by atoms with Crippen molar-refractivity contribution in [3.8, 4) is 0 Å². The Bertz CT molecular complexity index is 327. The highest BCUT2D eigenvalue weighted by atomic mass is 16.5. The minimum Gasteiger partial charge on any atom is -0.481 e. The fourth-order valence-corrected chi connectivity index (χ4v) is 2.73. The number of ether oxygens (including phenoxy) is 1. The first kappa shape index (κ1) is 16.8. The van der Waals surface area contributed by atoms with Crippen LogP contribution in [-0.2, 0) is 9.53 Å². The fraction of sp³-hybridized carbons (Fsp3) is 0.857. The van der Waals surface area contributed by atoms with Crippen molar-refractivity contribution >= 4 is 12.0 Å². The zero-order chi connectivity index (χ0) is 15.0. The molecule has 6 heteroatoms. The maximum Gasteiger partial charge on any atom is 0.315 e. The van der Waals surface area contributed by atoms with E-state index >= 15 is 0 Å². The molecule has 0 radical (unpaired) electrons. The molecule has 0 spiro atoms. The fourth-order valence-electron chi connectivity index (χ4n) is 2.73. The van der Waals surface area contributed by atoms with Gasteiger partial charge >= 0.3 is 12.0 Å². The van der Waals surface area contributed by atoms with E-state index in [2.05, 4.69) is 10.6 Å². The molecule has 0 aliphatic heterocycles. The highest BCUT2D eigenvalue weighted by molar-refractivity contribution is 5.76. The Morgan fingerprint density at radius 3 is 2.50 bits per heavy atom. The van der Waals surface area contributed by atoms with Crippen LogP contribution in [0.3, 0.4) is 0 Å². The normalized spacial score (nSPS) is 19.1. The van der Waals surface area contributed by atoms with Crippen molar-refractivity contribution in [2.45, 2.75) is 64.0 Å². The second kappa shape index (κ2) is 8.09. The SMILES string of the molecule is CCOC(C)CNC(=O)NC1(CC(=O)O)CCCCC1. The van der Waals surface area contributed by atoms with E-state index in [0.717, 1.165) is 32.1 Å². The van der Waals surface area contributed by atoms with Crippen molar-refractivity contribution in [2.24, 2.45) is 0 Å². The van der Waals surface area contributed by atoms with Crippen molar-refractivity contribution in [1.82, 2.24) is 10.6 Å². The van der Waals surface area contributed by atoms with E-state index in [-0.39, 0.29) is 18.6 Å². The van der Waals surface area contributed by atoms with Gasteiger partial charge in [-0.05, 0) is 26.7 Å². The van der Waals surface area contributed by atoms with Crippen LogP contribution in [0.5, 0.6) is 0 Å². The number of nitrogens with one attached hydrogen (secondary N) is 2. The Morgan fingerprint density at radius 2 is 1.95 bits per heavy atom. The number of aliphatic carboxylic acids is 1. The highest BCUT2D eigenvalue weighted by Gasteiger charge is 2.35. The summed E-state index contributed by atoms with van der Waals surface area (Å²) in [6.45, 7) is 4.81. The number of carbonyl (C=O) groups is 2. The lowest BCUT2D eigenvalue weighted by Crippen LogP contribution is -2.55. The first-order valence-corrected chi connectivity index (χ1v) is 7.37. The Morgan fingerprint density at radius 1 is 1.30 bits per heavy atom. The standard InChI is InChI=1S/C14H26N2O4/c1-3-20-11(2)10-15-13(19)16-14(9-12(17)18)7-5-4-6-8-14/h11H,3-10H2,1-2H3,(H,17,18)(H2,15,16,19). The van der Waals surface area contributed by atoms with Crippen molar-refractivity contribution in [1.29, 1.82) is 0 Å². The van der Waals surface area contributed by atoms with Gasteiger partial charge in [-0.2, -0.15) is 0 Å². The highest BCUT2D eigenvalue weighted by Crippen LogP contribution is 2.31. The lowest BCUT2D eigenvalue weighted by atomic mass is 9.79. The Hall–Kier alpha value is -1.30. The summed E-state index contributed by atoms with van der Waals surface area (Å²) in [5.74, 6) is -0.866. The van der Waals surface area contributed by atoms with Crippen LogP contribution in [-0.4, -0.2) is 41.9 Å². The monoisotopic (exact) mass is 286 g/mol. The summed E-state index contributed by atoms with van der Waals surface area (Å²) in [4.78, 5) is 22.9. The average molecular weight is 286 g/mol. The molecular weight excluding hydrogens is 260 g/mol. The second-order valence-corrected chi connectivity index (χ2v) is 5.51. The smallest absolute Gasteiger partial charge is 0.315 e. The molecule has 0 heterocycles. The molecule has 0 aromatic carbocycles. The number of carboxylic acid groups (broad SMARTS) is 1. The van der Waals surface area contributed by atoms with Crippen molar-refractivity contribution in [3.05, 3.63) is 0 Å². The van der Waals surface area contributed by atoms with Crippen LogP contribution in [0.25, 0.3) is 0 Å². The predicted octanol–water partition coefficient (Wildman–Crippen LogP) is 1.89. The third-order valence-corrected chi connectivity index (χ3v) is 3.68. The molecule has 116 valence electrons. The number of amides is 2. The molecule has 20 heavy (non-hydrogen) atoms. The molecular formula is C14H26N2O4. The van der Waals surface area contributed by atoms with Gasteiger partial charge in [0.2, 0.25) is 0 Å². The Balaban J connectivity index is 2.47. The lowest BCUT2D eigenvalue weighted by molar-refractivity contribution is -0.139. The predicted molar refractivity (Wildman–Crippen MR) is 75.7 cm³/mol. The van der Waals surface area contributed by atoms with E-state index in [1.54, 1.807) is 0 Å². The number of carboxylic acids is 1. The van der Waals surface area contributed by atoms with E-state index in [1.807, 2.05) is 13.8 Å². The summed E-state index contributed by atoms with van der Waals surface area (Å²) < 4.78 is 5.34. The molecule has 0 aromatic heterocycles. The molecule has 1 saturated carbocycles. The van der Waals surface area contributed by atoms with Gasteiger partial charge in [-0.3, -0.25) is 4.79 Å². The summed E-state index contributed by atoms with van der Waals surface area (Å²) >= 11 is 0. The number of carbonyl (C=O) groups excluding carboxylic acids is 1. The van der Waals surface area contributed by atoms with Gasteiger partial charge in [-0.15, -0.1) is 0 Å².